The van der Waals surface area contributed by atoms with E-state index in [0.717, 1.165) is 37.6 Å². The van der Waals surface area contributed by atoms with Crippen LogP contribution >= 0.6 is 0 Å². The zero-order valence-corrected chi connectivity index (χ0v) is 15.2. The lowest BCUT2D eigenvalue weighted by molar-refractivity contribution is 0.585. The highest BCUT2D eigenvalue weighted by atomic mass is 15.2. The summed E-state index contributed by atoms with van der Waals surface area (Å²) in [5, 5.41) is 15.6. The summed E-state index contributed by atoms with van der Waals surface area (Å²) in [7, 11) is 1.78. The molecule has 27 heavy (non-hydrogen) atoms. The van der Waals surface area contributed by atoms with Crippen molar-refractivity contribution in [2.45, 2.75) is 0 Å². The maximum atomic E-state index is 9.41. The minimum absolute atomic E-state index is 0.342. The van der Waals surface area contributed by atoms with Gasteiger partial charge in [-0.25, -0.2) is 15.0 Å². The first kappa shape index (κ1) is 18.4. The van der Waals surface area contributed by atoms with Gasteiger partial charge in [0.05, 0.1) is 17.3 Å². The summed E-state index contributed by atoms with van der Waals surface area (Å²) in [5.41, 5.74) is 7.98. The maximum Gasteiger partial charge on any atom is 0.154 e. The summed E-state index contributed by atoms with van der Waals surface area (Å²) in [6.07, 6.45) is 5.01. The van der Waals surface area contributed by atoms with E-state index in [0.29, 0.717) is 22.9 Å². The maximum absolute atomic E-state index is 9.41. The number of pyridine rings is 2. The number of aromatic nitrogens is 2. The van der Waals surface area contributed by atoms with E-state index in [1.165, 1.54) is 0 Å². The first-order valence-corrected chi connectivity index (χ1v) is 8.72. The van der Waals surface area contributed by atoms with Crippen molar-refractivity contribution in [3.05, 3.63) is 48.3 Å². The van der Waals surface area contributed by atoms with Crippen LogP contribution in [-0.2, 0) is 0 Å². The van der Waals surface area contributed by atoms with E-state index in [1.54, 1.807) is 31.6 Å². The molecular formula is C19H22N8. The van der Waals surface area contributed by atoms with E-state index in [-0.39, 0.29) is 0 Å². The molecule has 8 heteroatoms. The average molecular weight is 362 g/mol. The molecule has 4 N–H and O–H groups in total. The molecule has 8 nitrogen and oxygen atoms in total. The van der Waals surface area contributed by atoms with Crippen molar-refractivity contribution in [2.75, 3.05) is 38.1 Å². The number of hydrogen-bond acceptors (Lipinski definition) is 7. The van der Waals surface area contributed by atoms with E-state index in [9.17, 15) is 5.26 Å². The second kappa shape index (κ2) is 8.78. The first-order chi connectivity index (χ1) is 13.2. The van der Waals surface area contributed by atoms with Crippen LogP contribution in [0.4, 0.5) is 11.6 Å². The van der Waals surface area contributed by atoms with Gasteiger partial charge in [-0.2, -0.15) is 5.26 Å². The highest BCUT2D eigenvalue weighted by molar-refractivity contribution is 5.93. The van der Waals surface area contributed by atoms with Crippen LogP contribution in [0.1, 0.15) is 5.56 Å². The number of nitrogens with one attached hydrogen (secondary N) is 2. The van der Waals surface area contributed by atoms with Gasteiger partial charge in [-0.15, -0.1) is 0 Å². The fourth-order valence-electron chi connectivity index (χ4n) is 2.76. The fourth-order valence-corrected chi connectivity index (χ4v) is 2.76. The standard InChI is InChI=1S/C19H22N8/c1-22-4-3-17(21)26-18-12-15(2-5-24-18)16-10-14(13-20)11-19(25-16)27-8-6-23-7-9-27/h2-5,10-12,22-23H,6-9H2,1H3,(H2,21,24,26). The van der Waals surface area contributed by atoms with Crippen molar-refractivity contribution in [1.29, 1.82) is 5.26 Å². The summed E-state index contributed by atoms with van der Waals surface area (Å²) < 4.78 is 0. The molecule has 1 aliphatic heterocycles. The number of aliphatic imine (C=N–C) groups is 1. The Morgan fingerprint density at radius 2 is 2.19 bits per heavy atom. The molecule has 0 aromatic carbocycles. The van der Waals surface area contributed by atoms with Crippen LogP contribution in [0.15, 0.2) is 47.7 Å². The molecule has 2 aromatic heterocycles. The van der Waals surface area contributed by atoms with Crippen LogP contribution in [0.2, 0.25) is 0 Å². The smallest absolute Gasteiger partial charge is 0.154 e. The average Bonchev–Trinajstić information content (AvgIpc) is 2.72. The van der Waals surface area contributed by atoms with E-state index >= 15 is 0 Å². The largest absolute Gasteiger partial charge is 0.394 e. The highest BCUT2D eigenvalue weighted by Gasteiger charge is 2.14. The van der Waals surface area contributed by atoms with Gasteiger partial charge in [-0.3, -0.25) is 0 Å². The lowest BCUT2D eigenvalue weighted by Gasteiger charge is -2.28. The fraction of sp³-hybridized carbons (Fsp3) is 0.263. The normalized spacial score (nSPS) is 15.0. The predicted octanol–water partition coefficient (Wildman–Crippen LogP) is 1.15. The van der Waals surface area contributed by atoms with Gasteiger partial charge in [0.25, 0.3) is 0 Å². The molecule has 0 bridgehead atoms. The molecule has 0 unspecified atom stereocenters. The van der Waals surface area contributed by atoms with E-state index in [1.807, 2.05) is 18.2 Å². The van der Waals surface area contributed by atoms with Crippen LogP contribution in [0, 0.1) is 11.3 Å². The van der Waals surface area contributed by atoms with Gasteiger partial charge in [-0.05, 0) is 36.5 Å². The van der Waals surface area contributed by atoms with E-state index in [4.69, 9.17) is 10.7 Å². The molecule has 0 radical (unpaired) electrons. The molecular weight excluding hydrogens is 340 g/mol. The number of hydrogen-bond donors (Lipinski definition) is 3. The summed E-state index contributed by atoms with van der Waals surface area (Å²) in [4.78, 5) is 15.5. The van der Waals surface area contributed by atoms with Crippen molar-refractivity contribution >= 4 is 17.5 Å². The van der Waals surface area contributed by atoms with Crippen molar-refractivity contribution in [2.24, 2.45) is 10.7 Å². The van der Waals surface area contributed by atoms with Crippen LogP contribution in [0.5, 0.6) is 0 Å². The molecule has 1 aliphatic rings. The lowest BCUT2D eigenvalue weighted by atomic mass is 10.1. The Hall–Kier alpha value is -3.44. The number of nitrogens with two attached hydrogens (primary N) is 1. The third-order valence-electron chi connectivity index (χ3n) is 4.09. The Labute approximate surface area is 158 Å². The molecule has 1 saturated heterocycles. The monoisotopic (exact) mass is 362 g/mol. The second-order valence-corrected chi connectivity index (χ2v) is 6.01. The van der Waals surface area contributed by atoms with Crippen molar-refractivity contribution in [3.8, 4) is 17.3 Å². The summed E-state index contributed by atoms with van der Waals surface area (Å²) in [6, 6.07) is 9.49. The minimum Gasteiger partial charge on any atom is -0.394 e. The van der Waals surface area contributed by atoms with Gasteiger partial charge in [0.15, 0.2) is 5.82 Å². The summed E-state index contributed by atoms with van der Waals surface area (Å²) in [5.74, 6) is 1.64. The van der Waals surface area contributed by atoms with Crippen molar-refractivity contribution in [3.63, 3.8) is 0 Å². The zero-order valence-electron chi connectivity index (χ0n) is 15.2. The molecule has 2 aromatic rings. The zero-order chi connectivity index (χ0) is 19.1. The van der Waals surface area contributed by atoms with Crippen LogP contribution in [-0.4, -0.2) is 49.0 Å². The van der Waals surface area contributed by atoms with Crippen molar-refractivity contribution in [1.82, 2.24) is 20.6 Å². The number of anilines is 1. The summed E-state index contributed by atoms with van der Waals surface area (Å²) in [6.45, 7) is 3.53. The third kappa shape index (κ3) is 4.80. The van der Waals surface area contributed by atoms with Gasteiger partial charge in [0.2, 0.25) is 0 Å². The van der Waals surface area contributed by atoms with Crippen LogP contribution in [0.25, 0.3) is 11.3 Å². The molecule has 3 heterocycles. The van der Waals surface area contributed by atoms with Crippen LogP contribution in [0.3, 0.4) is 0 Å². The predicted molar refractivity (Wildman–Crippen MR) is 107 cm³/mol. The van der Waals surface area contributed by atoms with Gasteiger partial charge < -0.3 is 21.3 Å². The number of nitrogens with zero attached hydrogens (tertiary/aromatic N) is 5. The Morgan fingerprint density at radius 1 is 1.37 bits per heavy atom. The number of amidine groups is 1. The molecule has 3 rings (SSSR count). The number of rotatable bonds is 5. The minimum atomic E-state index is 0.342. The molecule has 0 spiro atoms. The van der Waals surface area contributed by atoms with Gasteiger partial charge >= 0.3 is 0 Å². The molecule has 0 saturated carbocycles. The Morgan fingerprint density at radius 3 is 2.93 bits per heavy atom. The van der Waals surface area contributed by atoms with Gasteiger partial charge in [-0.1, -0.05) is 0 Å². The number of nitriles is 1. The van der Waals surface area contributed by atoms with E-state index < -0.39 is 0 Å². The lowest BCUT2D eigenvalue weighted by Crippen LogP contribution is -2.43. The molecule has 1 fully saturated rings. The highest BCUT2D eigenvalue weighted by Crippen LogP contribution is 2.25. The molecule has 0 amide bonds. The SMILES string of the molecule is CNC=CC(N)=Nc1cc(-c2cc(C#N)cc(N3CCNCC3)n2)ccn1. The Kier molecular flexibility index (Phi) is 5.97. The summed E-state index contributed by atoms with van der Waals surface area (Å²) >= 11 is 0. The third-order valence-corrected chi connectivity index (χ3v) is 4.09. The second-order valence-electron chi connectivity index (χ2n) is 6.01. The molecule has 138 valence electrons. The van der Waals surface area contributed by atoms with Gasteiger partial charge in [0.1, 0.15) is 11.7 Å². The molecule has 0 aliphatic carbocycles. The topological polar surface area (TPSA) is 115 Å². The Bertz CT molecular complexity index is 891. The van der Waals surface area contributed by atoms with Gasteiger partial charge in [0, 0.05) is 45.0 Å². The Balaban J connectivity index is 1.95. The van der Waals surface area contributed by atoms with Crippen molar-refractivity contribution < 1.29 is 0 Å². The first-order valence-electron chi connectivity index (χ1n) is 8.72. The van der Waals surface area contributed by atoms with E-state index in [2.05, 4.69) is 31.6 Å². The quantitative estimate of drug-likeness (QED) is 0.540. The number of piperazine rings is 1. The molecule has 0 atom stereocenters. The van der Waals surface area contributed by atoms with Crippen LogP contribution < -0.4 is 21.3 Å².